The molecule has 1 saturated heterocycles. The molecule has 3 aliphatic rings. The number of fused-ring (bicyclic) bond motifs is 2. The van der Waals surface area contributed by atoms with Crippen LogP contribution in [-0.4, -0.2) is 43.2 Å². The highest BCUT2D eigenvalue weighted by molar-refractivity contribution is 5.85. The SMILES string of the molecule is Cl.Cl.NC1C2CCC(C2)C1C(=O)NCc1ccc(CN2CCOCC2)cc1. The van der Waals surface area contributed by atoms with Crippen LogP contribution >= 0.6 is 24.8 Å². The van der Waals surface area contributed by atoms with Gasteiger partial charge in [0.15, 0.2) is 0 Å². The zero-order valence-corrected chi connectivity index (χ0v) is 17.3. The standard InChI is InChI=1S/C20H29N3O2.2ClH/c21-19-17-6-5-16(11-17)18(19)20(24)22-12-14-1-3-15(4-2-14)13-23-7-9-25-10-8-23;;/h1-4,16-19H,5-13,21H2,(H,22,24);2*1H. The number of rotatable bonds is 5. The van der Waals surface area contributed by atoms with Gasteiger partial charge in [0.1, 0.15) is 0 Å². The van der Waals surface area contributed by atoms with Crippen molar-refractivity contribution in [3.63, 3.8) is 0 Å². The third-order valence-electron chi connectivity index (χ3n) is 6.28. The van der Waals surface area contributed by atoms with E-state index in [9.17, 15) is 4.79 Å². The number of carbonyl (C=O) groups excluding carboxylic acids is 1. The lowest BCUT2D eigenvalue weighted by atomic mass is 9.84. The van der Waals surface area contributed by atoms with Crippen LogP contribution in [-0.2, 0) is 22.6 Å². The van der Waals surface area contributed by atoms with Gasteiger partial charge in [-0.2, -0.15) is 0 Å². The minimum atomic E-state index is 0. The molecule has 4 rings (SSSR count). The third-order valence-corrected chi connectivity index (χ3v) is 6.28. The highest BCUT2D eigenvalue weighted by atomic mass is 35.5. The van der Waals surface area contributed by atoms with Crippen LogP contribution in [0.1, 0.15) is 30.4 Å². The Morgan fingerprint density at radius 3 is 2.33 bits per heavy atom. The van der Waals surface area contributed by atoms with Crippen LogP contribution in [0.15, 0.2) is 24.3 Å². The molecule has 0 radical (unpaired) electrons. The van der Waals surface area contributed by atoms with E-state index in [2.05, 4.69) is 34.5 Å². The first-order chi connectivity index (χ1) is 12.2. The molecule has 0 spiro atoms. The first-order valence-corrected chi connectivity index (χ1v) is 9.62. The van der Waals surface area contributed by atoms with Gasteiger partial charge in [-0.15, -0.1) is 24.8 Å². The lowest BCUT2D eigenvalue weighted by molar-refractivity contribution is -0.127. The van der Waals surface area contributed by atoms with Crippen molar-refractivity contribution in [3.05, 3.63) is 35.4 Å². The van der Waals surface area contributed by atoms with Gasteiger partial charge in [0.25, 0.3) is 0 Å². The van der Waals surface area contributed by atoms with E-state index in [0.717, 1.165) is 44.8 Å². The van der Waals surface area contributed by atoms with Crippen LogP contribution in [0.3, 0.4) is 0 Å². The maximum absolute atomic E-state index is 12.5. The molecule has 2 saturated carbocycles. The summed E-state index contributed by atoms with van der Waals surface area (Å²) in [5.41, 5.74) is 8.73. The van der Waals surface area contributed by atoms with Gasteiger partial charge in [0.05, 0.1) is 19.1 Å². The van der Waals surface area contributed by atoms with Crippen LogP contribution < -0.4 is 11.1 Å². The molecule has 1 aromatic carbocycles. The van der Waals surface area contributed by atoms with Gasteiger partial charge in [-0.1, -0.05) is 24.3 Å². The van der Waals surface area contributed by atoms with E-state index in [0.29, 0.717) is 18.4 Å². The molecule has 1 heterocycles. The summed E-state index contributed by atoms with van der Waals surface area (Å²) in [7, 11) is 0. The first-order valence-electron chi connectivity index (χ1n) is 9.62. The molecule has 3 fully saturated rings. The molecule has 4 unspecified atom stereocenters. The predicted molar refractivity (Wildman–Crippen MR) is 111 cm³/mol. The third kappa shape index (κ3) is 5.15. The molecule has 1 aromatic rings. The number of nitrogens with two attached hydrogens (primary N) is 1. The van der Waals surface area contributed by atoms with E-state index in [4.69, 9.17) is 10.5 Å². The van der Waals surface area contributed by atoms with Gasteiger partial charge >= 0.3 is 0 Å². The number of nitrogens with zero attached hydrogens (tertiary/aromatic N) is 1. The molecular weight excluding hydrogens is 385 g/mol. The van der Waals surface area contributed by atoms with Gasteiger partial charge in [-0.05, 0) is 42.2 Å². The molecule has 1 amide bonds. The van der Waals surface area contributed by atoms with Crippen LogP contribution in [0.25, 0.3) is 0 Å². The Balaban J connectivity index is 0.00000131. The van der Waals surface area contributed by atoms with E-state index >= 15 is 0 Å². The molecule has 27 heavy (non-hydrogen) atoms. The van der Waals surface area contributed by atoms with Crippen molar-refractivity contribution in [3.8, 4) is 0 Å². The summed E-state index contributed by atoms with van der Waals surface area (Å²) in [6.45, 7) is 5.22. The predicted octanol–water partition coefficient (Wildman–Crippen LogP) is 2.35. The highest BCUT2D eigenvalue weighted by Gasteiger charge is 2.48. The fraction of sp³-hybridized carbons (Fsp3) is 0.650. The van der Waals surface area contributed by atoms with Gasteiger partial charge < -0.3 is 15.8 Å². The van der Waals surface area contributed by atoms with E-state index in [-0.39, 0.29) is 42.7 Å². The summed E-state index contributed by atoms with van der Waals surface area (Å²) < 4.78 is 5.39. The van der Waals surface area contributed by atoms with E-state index in [1.165, 1.54) is 18.4 Å². The fourth-order valence-electron chi connectivity index (χ4n) is 4.81. The van der Waals surface area contributed by atoms with Gasteiger partial charge in [0, 0.05) is 32.2 Å². The Labute approximate surface area is 174 Å². The molecule has 3 N–H and O–H groups in total. The van der Waals surface area contributed by atoms with Crippen LogP contribution in [0.5, 0.6) is 0 Å². The van der Waals surface area contributed by atoms with Crippen LogP contribution in [0.2, 0.25) is 0 Å². The molecule has 0 aromatic heterocycles. The number of carbonyl (C=O) groups is 1. The van der Waals surface area contributed by atoms with Crippen molar-refractivity contribution in [2.75, 3.05) is 26.3 Å². The topological polar surface area (TPSA) is 67.6 Å². The van der Waals surface area contributed by atoms with Crippen molar-refractivity contribution in [2.24, 2.45) is 23.5 Å². The summed E-state index contributed by atoms with van der Waals surface area (Å²) >= 11 is 0. The molecule has 7 heteroatoms. The largest absolute Gasteiger partial charge is 0.379 e. The maximum Gasteiger partial charge on any atom is 0.225 e. The average Bonchev–Trinajstić information content (AvgIpc) is 3.23. The monoisotopic (exact) mass is 415 g/mol. The van der Waals surface area contributed by atoms with Gasteiger partial charge in [0.2, 0.25) is 5.91 Å². The lowest BCUT2D eigenvalue weighted by Gasteiger charge is -2.27. The second-order valence-corrected chi connectivity index (χ2v) is 7.86. The van der Waals surface area contributed by atoms with E-state index in [1.54, 1.807) is 0 Å². The molecule has 4 atom stereocenters. The molecule has 2 bridgehead atoms. The summed E-state index contributed by atoms with van der Waals surface area (Å²) in [5.74, 6) is 1.26. The van der Waals surface area contributed by atoms with Crippen molar-refractivity contribution < 1.29 is 9.53 Å². The zero-order valence-electron chi connectivity index (χ0n) is 15.6. The summed E-state index contributed by atoms with van der Waals surface area (Å²) in [4.78, 5) is 15.0. The molecular formula is C20H31Cl2N3O2. The number of amides is 1. The highest BCUT2D eigenvalue weighted by Crippen LogP contribution is 2.47. The molecule has 1 aliphatic heterocycles. The average molecular weight is 416 g/mol. The minimum absolute atomic E-state index is 0. The van der Waals surface area contributed by atoms with Crippen molar-refractivity contribution in [1.29, 1.82) is 0 Å². The summed E-state index contributed by atoms with van der Waals surface area (Å²) in [6.07, 6.45) is 3.53. The number of benzene rings is 1. The molecule has 2 aliphatic carbocycles. The normalized spacial score (nSPS) is 29.7. The van der Waals surface area contributed by atoms with Crippen LogP contribution in [0, 0.1) is 17.8 Å². The second-order valence-electron chi connectivity index (χ2n) is 7.86. The number of morpholine rings is 1. The first kappa shape index (κ1) is 22.4. The van der Waals surface area contributed by atoms with Gasteiger partial charge in [-0.25, -0.2) is 0 Å². The maximum atomic E-state index is 12.5. The van der Waals surface area contributed by atoms with E-state index in [1.807, 2.05) is 0 Å². The molecule has 152 valence electrons. The summed E-state index contributed by atoms with van der Waals surface area (Å²) in [6, 6.07) is 8.64. The number of ether oxygens (including phenoxy) is 1. The van der Waals surface area contributed by atoms with Crippen molar-refractivity contribution >= 4 is 30.7 Å². The zero-order chi connectivity index (χ0) is 17.2. The second kappa shape index (κ2) is 10.1. The lowest BCUT2D eigenvalue weighted by Crippen LogP contribution is -2.45. The fourth-order valence-corrected chi connectivity index (χ4v) is 4.81. The number of halogens is 2. The van der Waals surface area contributed by atoms with E-state index < -0.39 is 0 Å². The Kier molecular flexibility index (Phi) is 8.38. The van der Waals surface area contributed by atoms with Crippen molar-refractivity contribution in [2.45, 2.75) is 38.4 Å². The minimum Gasteiger partial charge on any atom is -0.379 e. The van der Waals surface area contributed by atoms with Gasteiger partial charge in [-0.3, -0.25) is 9.69 Å². The Morgan fingerprint density at radius 2 is 1.70 bits per heavy atom. The molecule has 5 nitrogen and oxygen atoms in total. The number of hydrogen-bond acceptors (Lipinski definition) is 4. The Bertz CT molecular complexity index is 606. The smallest absolute Gasteiger partial charge is 0.225 e. The van der Waals surface area contributed by atoms with Crippen molar-refractivity contribution in [1.82, 2.24) is 10.2 Å². The Morgan fingerprint density at radius 1 is 1.07 bits per heavy atom. The number of nitrogens with one attached hydrogen (secondary N) is 1. The Hall–Kier alpha value is -0.850. The number of hydrogen-bond donors (Lipinski definition) is 2. The quantitative estimate of drug-likeness (QED) is 0.774. The summed E-state index contributed by atoms with van der Waals surface area (Å²) in [5, 5.41) is 3.11. The van der Waals surface area contributed by atoms with Crippen LogP contribution in [0.4, 0.5) is 0 Å².